The summed E-state index contributed by atoms with van der Waals surface area (Å²) in [5, 5.41) is 0.489. The summed E-state index contributed by atoms with van der Waals surface area (Å²) in [5.74, 6) is 0.577. The quantitative estimate of drug-likeness (QED) is 0.739. The number of amides is 2. The number of piperidine rings is 1. The molecule has 1 spiro atoms. The van der Waals surface area contributed by atoms with Crippen LogP contribution in [0, 0.1) is 11.3 Å². The SMILES string of the molecule is O=C(c1cncc(Cl)c1)N1CCC2(CC1)CC(C(=O)N1CCN(C3CCC3)CC1)C2. The van der Waals surface area contributed by atoms with Gasteiger partial charge in [0.1, 0.15) is 0 Å². The van der Waals surface area contributed by atoms with Gasteiger partial charge in [-0.2, -0.15) is 0 Å². The summed E-state index contributed by atoms with van der Waals surface area (Å²) in [5.41, 5.74) is 0.818. The molecule has 5 rings (SSSR count). The molecule has 0 aromatic carbocycles. The average molecular weight is 431 g/mol. The molecule has 0 atom stereocenters. The second-order valence-corrected chi connectivity index (χ2v) is 10.2. The monoisotopic (exact) mass is 430 g/mol. The maximum absolute atomic E-state index is 13.0. The summed E-state index contributed by atoms with van der Waals surface area (Å²) < 4.78 is 0. The molecule has 7 heteroatoms. The summed E-state index contributed by atoms with van der Waals surface area (Å²) >= 11 is 5.98. The lowest BCUT2D eigenvalue weighted by Crippen LogP contribution is -2.57. The van der Waals surface area contributed by atoms with Crippen LogP contribution in [-0.2, 0) is 4.79 Å². The molecule has 2 saturated carbocycles. The molecule has 4 aliphatic rings. The Bertz CT molecular complexity index is 803. The molecular formula is C23H31ClN4O2. The first-order chi connectivity index (χ1) is 14.5. The van der Waals surface area contributed by atoms with Crippen LogP contribution >= 0.6 is 11.6 Å². The number of piperazine rings is 1. The van der Waals surface area contributed by atoms with Gasteiger partial charge in [-0.05, 0) is 50.0 Å². The van der Waals surface area contributed by atoms with E-state index in [1.807, 2.05) is 4.90 Å². The van der Waals surface area contributed by atoms with Gasteiger partial charge in [-0.15, -0.1) is 0 Å². The van der Waals surface area contributed by atoms with Crippen LogP contribution < -0.4 is 0 Å². The Morgan fingerprint density at radius 1 is 0.967 bits per heavy atom. The number of hydrogen-bond acceptors (Lipinski definition) is 4. The molecule has 4 fully saturated rings. The van der Waals surface area contributed by atoms with Gasteiger partial charge < -0.3 is 9.80 Å². The van der Waals surface area contributed by atoms with Crippen molar-refractivity contribution in [3.63, 3.8) is 0 Å². The van der Waals surface area contributed by atoms with E-state index < -0.39 is 0 Å². The van der Waals surface area contributed by atoms with Crippen molar-refractivity contribution < 1.29 is 9.59 Å². The van der Waals surface area contributed by atoms with Crippen molar-refractivity contribution in [2.24, 2.45) is 11.3 Å². The van der Waals surface area contributed by atoms with E-state index in [9.17, 15) is 9.59 Å². The molecule has 2 amide bonds. The molecule has 0 radical (unpaired) electrons. The van der Waals surface area contributed by atoms with Gasteiger partial charge in [0.25, 0.3) is 5.91 Å². The number of halogens is 1. The molecule has 1 aromatic heterocycles. The van der Waals surface area contributed by atoms with Crippen LogP contribution in [0.5, 0.6) is 0 Å². The first-order valence-electron chi connectivity index (χ1n) is 11.5. The summed E-state index contributed by atoms with van der Waals surface area (Å²) in [6.07, 6.45) is 11.2. The average Bonchev–Trinajstić information content (AvgIpc) is 2.70. The third-order valence-electron chi connectivity index (χ3n) is 7.99. The highest BCUT2D eigenvalue weighted by atomic mass is 35.5. The number of hydrogen-bond donors (Lipinski definition) is 0. The van der Waals surface area contributed by atoms with Crippen molar-refractivity contribution in [1.82, 2.24) is 19.7 Å². The van der Waals surface area contributed by atoms with Crippen molar-refractivity contribution in [3.8, 4) is 0 Å². The lowest BCUT2D eigenvalue weighted by molar-refractivity contribution is -0.148. The molecule has 1 aromatic rings. The summed E-state index contributed by atoms with van der Waals surface area (Å²) in [6, 6.07) is 2.47. The Morgan fingerprint density at radius 3 is 2.27 bits per heavy atom. The van der Waals surface area contributed by atoms with Crippen molar-refractivity contribution in [2.45, 2.75) is 51.0 Å². The van der Waals surface area contributed by atoms with Crippen LogP contribution in [0.15, 0.2) is 18.5 Å². The standard InChI is InChI=1S/C23H31ClN4O2/c24-19-12-17(15-25-16-19)21(29)27-6-4-23(5-7-27)13-18(14-23)22(30)28-10-8-26(9-11-28)20-2-1-3-20/h12,15-16,18,20H,1-11,13-14H2. The van der Waals surface area contributed by atoms with Crippen molar-refractivity contribution in [3.05, 3.63) is 29.0 Å². The van der Waals surface area contributed by atoms with E-state index in [4.69, 9.17) is 11.6 Å². The van der Waals surface area contributed by atoms with Crippen molar-refractivity contribution in [1.29, 1.82) is 0 Å². The minimum Gasteiger partial charge on any atom is -0.340 e. The zero-order chi connectivity index (χ0) is 20.7. The van der Waals surface area contributed by atoms with Crippen molar-refractivity contribution in [2.75, 3.05) is 39.3 Å². The van der Waals surface area contributed by atoms with Crippen LogP contribution in [0.4, 0.5) is 0 Å². The second-order valence-electron chi connectivity index (χ2n) is 9.74. The molecule has 6 nitrogen and oxygen atoms in total. The fourth-order valence-corrected chi connectivity index (χ4v) is 5.96. The third kappa shape index (κ3) is 3.84. The van der Waals surface area contributed by atoms with Crippen LogP contribution in [-0.4, -0.2) is 76.8 Å². The van der Waals surface area contributed by atoms with E-state index >= 15 is 0 Å². The molecule has 2 aliphatic carbocycles. The molecule has 3 heterocycles. The minimum absolute atomic E-state index is 0.0103. The van der Waals surface area contributed by atoms with E-state index in [1.165, 1.54) is 19.3 Å². The summed E-state index contributed by atoms with van der Waals surface area (Å²) in [6.45, 7) is 5.40. The van der Waals surface area contributed by atoms with Crippen LogP contribution in [0.1, 0.15) is 55.3 Å². The molecule has 2 saturated heterocycles. The lowest BCUT2D eigenvalue weighted by Gasteiger charge is -2.53. The minimum atomic E-state index is 0.0103. The van der Waals surface area contributed by atoms with Crippen molar-refractivity contribution >= 4 is 23.4 Å². The van der Waals surface area contributed by atoms with Gasteiger partial charge in [0.2, 0.25) is 5.91 Å². The maximum Gasteiger partial charge on any atom is 0.255 e. The number of carbonyl (C=O) groups excluding carboxylic acids is 2. The Morgan fingerprint density at radius 2 is 1.67 bits per heavy atom. The van der Waals surface area contributed by atoms with Gasteiger partial charge in [0, 0.05) is 63.6 Å². The van der Waals surface area contributed by atoms with E-state index in [0.29, 0.717) is 16.5 Å². The third-order valence-corrected chi connectivity index (χ3v) is 8.19. The Balaban J connectivity index is 1.08. The number of nitrogens with zero attached hydrogens (tertiary/aromatic N) is 4. The molecule has 0 bridgehead atoms. The zero-order valence-electron chi connectivity index (χ0n) is 17.6. The predicted octanol–water partition coefficient (Wildman–Crippen LogP) is 3.06. The fraction of sp³-hybridized carbons (Fsp3) is 0.696. The van der Waals surface area contributed by atoms with Gasteiger partial charge in [-0.25, -0.2) is 0 Å². The predicted molar refractivity (Wildman–Crippen MR) is 115 cm³/mol. The van der Waals surface area contributed by atoms with Gasteiger partial charge in [0.05, 0.1) is 10.6 Å². The van der Waals surface area contributed by atoms with Gasteiger partial charge in [0.15, 0.2) is 0 Å². The number of carbonyl (C=O) groups is 2. The van der Waals surface area contributed by atoms with Crippen LogP contribution in [0.2, 0.25) is 5.02 Å². The molecule has 2 aliphatic heterocycles. The summed E-state index contributed by atoms with van der Waals surface area (Å²) in [7, 11) is 0. The van der Waals surface area contributed by atoms with E-state index in [1.54, 1.807) is 18.5 Å². The van der Waals surface area contributed by atoms with E-state index in [2.05, 4.69) is 14.8 Å². The van der Waals surface area contributed by atoms with E-state index in [-0.39, 0.29) is 17.2 Å². The number of aromatic nitrogens is 1. The van der Waals surface area contributed by atoms with Gasteiger partial charge >= 0.3 is 0 Å². The number of pyridine rings is 1. The molecule has 162 valence electrons. The van der Waals surface area contributed by atoms with Crippen LogP contribution in [0.25, 0.3) is 0 Å². The topological polar surface area (TPSA) is 56.8 Å². The fourth-order valence-electron chi connectivity index (χ4n) is 5.78. The normalized spacial score (nSPS) is 25.1. The molecule has 0 unspecified atom stereocenters. The van der Waals surface area contributed by atoms with E-state index in [0.717, 1.165) is 71.0 Å². The first-order valence-corrected chi connectivity index (χ1v) is 11.8. The Labute approximate surface area is 183 Å². The number of likely N-dealkylation sites (tertiary alicyclic amines) is 1. The van der Waals surface area contributed by atoms with Gasteiger partial charge in [-0.1, -0.05) is 18.0 Å². The smallest absolute Gasteiger partial charge is 0.255 e. The second kappa shape index (κ2) is 8.12. The number of rotatable bonds is 3. The van der Waals surface area contributed by atoms with Gasteiger partial charge in [-0.3, -0.25) is 19.5 Å². The largest absolute Gasteiger partial charge is 0.340 e. The highest BCUT2D eigenvalue weighted by Crippen LogP contribution is 2.53. The maximum atomic E-state index is 13.0. The molecular weight excluding hydrogens is 400 g/mol. The Hall–Kier alpha value is -1.66. The summed E-state index contributed by atoms with van der Waals surface area (Å²) in [4.78, 5) is 36.3. The van der Waals surface area contributed by atoms with Crippen LogP contribution in [0.3, 0.4) is 0 Å². The first kappa shape index (κ1) is 20.3. The Kier molecular flexibility index (Phi) is 5.48. The highest BCUT2D eigenvalue weighted by molar-refractivity contribution is 6.30. The highest BCUT2D eigenvalue weighted by Gasteiger charge is 2.50. The lowest BCUT2D eigenvalue weighted by atomic mass is 9.57. The molecule has 0 N–H and O–H groups in total. The molecule has 30 heavy (non-hydrogen) atoms. The zero-order valence-corrected chi connectivity index (χ0v) is 18.3.